The van der Waals surface area contributed by atoms with Gasteiger partial charge in [0.05, 0.1) is 0 Å². The third kappa shape index (κ3) is 18.5. The Hall–Kier alpha value is -4.55. The van der Waals surface area contributed by atoms with Crippen molar-refractivity contribution in [3.05, 3.63) is 41.1 Å². The number of rotatable bonds is 26. The number of aromatic nitrogens is 3. The molecule has 0 radical (unpaired) electrons. The molecule has 1 aliphatic rings. The minimum atomic E-state index is -3.33. The summed E-state index contributed by atoms with van der Waals surface area (Å²) in [7, 11) is 0. The fraction of sp³-hybridized carbons (Fsp3) is 0.694. The van der Waals surface area contributed by atoms with E-state index in [1.54, 1.807) is 91.3 Å². The van der Waals surface area contributed by atoms with Gasteiger partial charge in [0.1, 0.15) is 22.8 Å². The number of hydrogen-bond donors (Lipinski definition) is 3. The van der Waals surface area contributed by atoms with Crippen molar-refractivity contribution in [2.24, 2.45) is 0 Å². The van der Waals surface area contributed by atoms with Crippen molar-refractivity contribution < 1.29 is 47.8 Å². The van der Waals surface area contributed by atoms with Crippen molar-refractivity contribution in [1.29, 1.82) is 0 Å². The third-order valence-corrected chi connectivity index (χ3v) is 26.3. The molecule has 5 amide bonds. The zero-order valence-electron chi connectivity index (χ0n) is 42.4. The van der Waals surface area contributed by atoms with Gasteiger partial charge in [0.25, 0.3) is 0 Å². The van der Waals surface area contributed by atoms with E-state index in [1.807, 2.05) is 0 Å². The van der Waals surface area contributed by atoms with E-state index in [1.165, 1.54) is 4.90 Å². The van der Waals surface area contributed by atoms with Crippen LogP contribution in [0, 0.1) is 0 Å². The molecular formula is C49H79N7O10Sn. The van der Waals surface area contributed by atoms with Crippen LogP contribution in [0.5, 0.6) is 0 Å². The fourth-order valence-electron chi connectivity index (χ4n) is 7.99. The van der Waals surface area contributed by atoms with E-state index in [0.717, 1.165) is 55.5 Å². The number of imide groups is 1. The Labute approximate surface area is 402 Å². The molecule has 374 valence electrons. The molecule has 2 heterocycles. The minimum absolute atomic E-state index is 0.0279. The molecule has 0 saturated carbocycles. The summed E-state index contributed by atoms with van der Waals surface area (Å²) in [5.74, 6) is -3.07. The van der Waals surface area contributed by atoms with Crippen LogP contribution in [0.4, 0.5) is 4.79 Å². The second kappa shape index (κ2) is 25.7. The van der Waals surface area contributed by atoms with Gasteiger partial charge >= 0.3 is 267 Å². The summed E-state index contributed by atoms with van der Waals surface area (Å²) in [5.41, 5.74) is -1.11. The molecule has 0 aliphatic carbocycles. The van der Waals surface area contributed by atoms with Gasteiger partial charge in [0.2, 0.25) is 0 Å². The monoisotopic (exact) mass is 1050 g/mol. The van der Waals surface area contributed by atoms with Crippen molar-refractivity contribution in [1.82, 2.24) is 35.8 Å². The fourth-order valence-corrected chi connectivity index (χ4v) is 24.1. The molecule has 2 atom stereocenters. The number of benzene rings is 1. The van der Waals surface area contributed by atoms with Gasteiger partial charge in [-0.05, 0) is 68.7 Å². The summed E-state index contributed by atoms with van der Waals surface area (Å²) in [6.45, 7) is 22.0. The maximum absolute atomic E-state index is 13.7. The zero-order chi connectivity index (χ0) is 50.2. The molecule has 67 heavy (non-hydrogen) atoms. The van der Waals surface area contributed by atoms with Crippen LogP contribution in [0.3, 0.4) is 0 Å². The molecule has 2 unspecified atom stereocenters. The molecule has 1 aliphatic heterocycles. The molecular weight excluding hydrogens is 965 g/mol. The van der Waals surface area contributed by atoms with E-state index in [2.05, 4.69) is 41.9 Å². The summed E-state index contributed by atoms with van der Waals surface area (Å²) < 4.78 is 22.3. The number of nitrogens with one attached hydrogen (secondary N) is 3. The van der Waals surface area contributed by atoms with Crippen LogP contribution in [0.1, 0.15) is 180 Å². The van der Waals surface area contributed by atoms with E-state index in [0.29, 0.717) is 29.7 Å². The predicted octanol–water partition coefficient (Wildman–Crippen LogP) is 7.26. The van der Waals surface area contributed by atoms with Gasteiger partial charge in [-0.3, -0.25) is 4.79 Å². The molecule has 17 nitrogen and oxygen atoms in total. The summed E-state index contributed by atoms with van der Waals surface area (Å²) in [4.78, 5) is 94.7. The molecule has 3 rings (SSSR count). The first-order chi connectivity index (χ1) is 31.3. The van der Waals surface area contributed by atoms with Gasteiger partial charge in [-0.25, -0.2) is 14.4 Å². The molecule has 2 aromatic rings. The van der Waals surface area contributed by atoms with Crippen LogP contribution in [0.2, 0.25) is 13.3 Å². The second-order valence-corrected chi connectivity index (χ2v) is 33.6. The second-order valence-electron chi connectivity index (χ2n) is 20.6. The standard InChI is InChI=1S/C37H52N7O10.3C4H9.Sn/c1-35(2,3)52-29(46)18-17-27(33(50)54-37(7,8)9)41-34(51)40-26(32(49)53-36(4,5)6)16-12-13-19-38-28(45)22-44-23(20-39-42-44)21-43-30(47)24-14-10-11-15-25(24)31(43)48;3*1-3-4-2;/h10-11,14-15,26-27H,12-13,16-19,21-22H2,1-9H3,(H,38,45)(H2,40,41,51);3*1,3-4H2,2H3;. The van der Waals surface area contributed by atoms with Crippen LogP contribution in [-0.2, 0) is 46.5 Å². The van der Waals surface area contributed by atoms with Gasteiger partial charge in [0.15, 0.2) is 0 Å². The maximum atomic E-state index is 13.7. The van der Waals surface area contributed by atoms with Crippen LogP contribution in [-0.4, -0.2) is 115 Å². The van der Waals surface area contributed by atoms with Crippen molar-refractivity contribution in [2.75, 3.05) is 6.54 Å². The molecule has 18 heteroatoms. The number of unbranched alkanes of at least 4 members (excludes halogenated alkanes) is 4. The predicted molar refractivity (Wildman–Crippen MR) is 258 cm³/mol. The van der Waals surface area contributed by atoms with Crippen LogP contribution in [0.15, 0.2) is 24.3 Å². The van der Waals surface area contributed by atoms with E-state index < -0.39 is 71.2 Å². The molecule has 1 aromatic carbocycles. The van der Waals surface area contributed by atoms with E-state index >= 15 is 0 Å². The number of hydrogen-bond acceptors (Lipinski definition) is 12. The van der Waals surface area contributed by atoms with Crippen LogP contribution in [0.25, 0.3) is 0 Å². The first-order valence-electron chi connectivity index (χ1n) is 24.2. The number of amides is 5. The molecule has 0 fully saturated rings. The average Bonchev–Trinajstić information content (AvgIpc) is 3.73. The van der Waals surface area contributed by atoms with Crippen LogP contribution >= 0.6 is 0 Å². The quantitative estimate of drug-likeness (QED) is 0.0279. The summed E-state index contributed by atoms with van der Waals surface area (Å²) in [6.07, 6.45) is 6.97. The Morgan fingerprint density at radius 3 is 1.61 bits per heavy atom. The van der Waals surface area contributed by atoms with E-state index in [-0.39, 0.29) is 56.6 Å². The topological polar surface area (TPSA) is 217 Å². The molecule has 0 saturated heterocycles. The first-order valence-corrected chi connectivity index (χ1v) is 31.7. The Morgan fingerprint density at radius 1 is 0.672 bits per heavy atom. The molecule has 0 spiro atoms. The zero-order valence-corrected chi connectivity index (χ0v) is 45.2. The van der Waals surface area contributed by atoms with Gasteiger partial charge < -0.3 is 19.5 Å². The average molecular weight is 1040 g/mol. The first kappa shape index (κ1) is 56.8. The van der Waals surface area contributed by atoms with Crippen molar-refractivity contribution in [3.8, 4) is 0 Å². The number of nitrogens with zero attached hydrogens (tertiary/aromatic N) is 4. The Bertz CT molecular complexity index is 1960. The van der Waals surface area contributed by atoms with Gasteiger partial charge in [-0.2, -0.15) is 0 Å². The van der Waals surface area contributed by atoms with Gasteiger partial charge in [0, 0.05) is 6.42 Å². The summed E-state index contributed by atoms with van der Waals surface area (Å²) in [6, 6.07) is 3.63. The summed E-state index contributed by atoms with van der Waals surface area (Å²) >= 11 is -3.33. The summed E-state index contributed by atoms with van der Waals surface area (Å²) in [5, 5.41) is 17.6. The van der Waals surface area contributed by atoms with E-state index in [9.17, 15) is 33.6 Å². The number of carbonyl (C=O) groups excluding carboxylic acids is 7. The Balaban J connectivity index is 1.78. The Morgan fingerprint density at radius 2 is 1.15 bits per heavy atom. The number of fused-ring (bicyclic) bond motifs is 1. The van der Waals surface area contributed by atoms with Crippen LogP contribution < -0.4 is 19.7 Å². The molecule has 3 N–H and O–H groups in total. The van der Waals surface area contributed by atoms with Gasteiger partial charge in [-0.15, -0.1) is 0 Å². The Kier molecular flexibility index (Phi) is 21.8. The van der Waals surface area contributed by atoms with Crippen molar-refractivity contribution in [2.45, 2.75) is 209 Å². The van der Waals surface area contributed by atoms with Gasteiger partial charge in [-0.1, -0.05) is 0 Å². The SMILES string of the molecule is CCC[CH2][Sn]([CH2]CCC)([CH2]CCC)[c]1nnn(CC(=O)NCCCCC(NC(=O)NC(CCC(=O)OC(C)(C)C)C(=O)OC(C)(C)C)C(=O)OC(C)(C)C)c1CN1C(=O)c2ccccc2C1=O. The number of esters is 3. The number of urea groups is 1. The molecule has 1 aromatic heterocycles. The molecule has 0 bridgehead atoms. The number of carbonyl (C=O) groups is 7. The van der Waals surface area contributed by atoms with Crippen molar-refractivity contribution >= 4 is 63.7 Å². The van der Waals surface area contributed by atoms with E-state index in [4.69, 9.17) is 19.3 Å². The third-order valence-electron chi connectivity index (χ3n) is 11.1. The normalized spacial score (nSPS) is 14.0. The van der Waals surface area contributed by atoms with Crippen molar-refractivity contribution in [3.63, 3.8) is 0 Å². The number of ether oxygens (including phenoxy) is 3.